The van der Waals surface area contributed by atoms with E-state index in [2.05, 4.69) is 160 Å². The molecule has 198 valence electrons. The molecule has 0 saturated carbocycles. The van der Waals surface area contributed by atoms with Gasteiger partial charge in [-0.1, -0.05) is 119 Å². The third kappa shape index (κ3) is 4.54. The zero-order valence-electron chi connectivity index (χ0n) is 24.1. The smallest absolute Gasteiger partial charge is 0.0541 e. The molecule has 0 unspecified atom stereocenters. The van der Waals surface area contributed by atoms with Crippen LogP contribution in [0.15, 0.2) is 127 Å². The molecule has 0 radical (unpaired) electrons. The molecule has 0 atom stereocenters. The fourth-order valence-corrected chi connectivity index (χ4v) is 6.46. The van der Waals surface area contributed by atoms with Gasteiger partial charge in [0.25, 0.3) is 0 Å². The molecule has 0 amide bonds. The van der Waals surface area contributed by atoms with Crippen molar-refractivity contribution in [3.8, 4) is 39.1 Å². The van der Waals surface area contributed by atoms with E-state index in [0.29, 0.717) is 0 Å². The Morgan fingerprint density at radius 1 is 0.366 bits per heavy atom. The number of hydrogen-bond donors (Lipinski definition) is 0. The SMILES string of the molecule is Cc1cc(C)cc(-c2ccc3c(c2)c2cc(-c4cc(C)cc(C)c4)ccc2n3-c2ccccc2-c2ccccc2)c1. The Balaban J connectivity index is 1.54. The van der Waals surface area contributed by atoms with Gasteiger partial charge in [-0.2, -0.15) is 0 Å². The first-order valence-corrected chi connectivity index (χ1v) is 14.3. The van der Waals surface area contributed by atoms with Gasteiger partial charge in [0, 0.05) is 16.3 Å². The number of nitrogens with zero attached hydrogens (tertiary/aromatic N) is 1. The lowest BCUT2D eigenvalue weighted by atomic mass is 9.97. The minimum absolute atomic E-state index is 1.19. The molecule has 1 aromatic heterocycles. The van der Waals surface area contributed by atoms with E-state index in [0.717, 1.165) is 0 Å². The largest absolute Gasteiger partial charge is 0.309 e. The van der Waals surface area contributed by atoms with Crippen LogP contribution in [-0.4, -0.2) is 4.57 Å². The Labute approximate surface area is 242 Å². The number of fused-ring (bicyclic) bond motifs is 3. The second-order valence-electron chi connectivity index (χ2n) is 11.4. The van der Waals surface area contributed by atoms with E-state index in [1.54, 1.807) is 0 Å². The van der Waals surface area contributed by atoms with Crippen LogP contribution in [0.3, 0.4) is 0 Å². The molecular formula is C40H33N. The van der Waals surface area contributed by atoms with Gasteiger partial charge >= 0.3 is 0 Å². The van der Waals surface area contributed by atoms with E-state index >= 15 is 0 Å². The van der Waals surface area contributed by atoms with Crippen molar-refractivity contribution in [2.45, 2.75) is 27.7 Å². The van der Waals surface area contributed by atoms with Crippen molar-refractivity contribution in [1.82, 2.24) is 4.57 Å². The Morgan fingerprint density at radius 3 is 1.34 bits per heavy atom. The quantitative estimate of drug-likeness (QED) is 0.214. The molecule has 0 bridgehead atoms. The van der Waals surface area contributed by atoms with Gasteiger partial charge in [-0.05, 0) is 85.8 Å². The maximum absolute atomic E-state index is 2.45. The highest BCUT2D eigenvalue weighted by atomic mass is 15.0. The molecule has 0 aliphatic heterocycles. The molecule has 0 fully saturated rings. The van der Waals surface area contributed by atoms with Crippen LogP contribution in [0.1, 0.15) is 22.3 Å². The molecule has 0 saturated heterocycles. The zero-order chi connectivity index (χ0) is 28.1. The minimum Gasteiger partial charge on any atom is -0.309 e. The maximum atomic E-state index is 2.45. The summed E-state index contributed by atoms with van der Waals surface area (Å²) in [7, 11) is 0. The zero-order valence-corrected chi connectivity index (χ0v) is 24.1. The second-order valence-corrected chi connectivity index (χ2v) is 11.4. The van der Waals surface area contributed by atoms with Crippen LogP contribution in [0.5, 0.6) is 0 Å². The van der Waals surface area contributed by atoms with Gasteiger partial charge in [-0.3, -0.25) is 0 Å². The normalized spacial score (nSPS) is 11.4. The summed E-state index contributed by atoms with van der Waals surface area (Å²) in [6.45, 7) is 8.71. The van der Waals surface area contributed by atoms with Gasteiger partial charge in [0.05, 0.1) is 16.7 Å². The van der Waals surface area contributed by atoms with Gasteiger partial charge in [0.2, 0.25) is 0 Å². The van der Waals surface area contributed by atoms with Crippen LogP contribution >= 0.6 is 0 Å². The molecule has 0 aliphatic carbocycles. The Bertz CT molecular complexity index is 1930. The molecule has 1 heterocycles. The van der Waals surface area contributed by atoms with Crippen molar-refractivity contribution >= 4 is 21.8 Å². The van der Waals surface area contributed by atoms with Crippen molar-refractivity contribution < 1.29 is 0 Å². The lowest BCUT2D eigenvalue weighted by Gasteiger charge is -2.14. The monoisotopic (exact) mass is 527 g/mol. The first-order chi connectivity index (χ1) is 19.9. The first-order valence-electron chi connectivity index (χ1n) is 14.3. The van der Waals surface area contributed by atoms with Crippen LogP contribution in [0.25, 0.3) is 60.9 Å². The van der Waals surface area contributed by atoms with E-state index < -0.39 is 0 Å². The van der Waals surface area contributed by atoms with Gasteiger partial charge < -0.3 is 4.57 Å². The molecule has 1 heteroatoms. The summed E-state index contributed by atoms with van der Waals surface area (Å²) < 4.78 is 2.45. The third-order valence-corrected chi connectivity index (χ3v) is 8.10. The number of hydrogen-bond acceptors (Lipinski definition) is 0. The average molecular weight is 528 g/mol. The fraction of sp³-hybridized carbons (Fsp3) is 0.100. The van der Waals surface area contributed by atoms with Crippen LogP contribution in [0, 0.1) is 27.7 Å². The summed E-state index contributed by atoms with van der Waals surface area (Å²) in [4.78, 5) is 0. The topological polar surface area (TPSA) is 4.93 Å². The van der Waals surface area contributed by atoms with Crippen molar-refractivity contribution in [2.24, 2.45) is 0 Å². The van der Waals surface area contributed by atoms with Gasteiger partial charge in [-0.25, -0.2) is 0 Å². The molecule has 0 spiro atoms. The predicted molar refractivity (Wildman–Crippen MR) is 176 cm³/mol. The molecule has 7 rings (SSSR count). The average Bonchev–Trinajstić information content (AvgIpc) is 3.29. The van der Waals surface area contributed by atoms with Crippen molar-refractivity contribution in [2.75, 3.05) is 0 Å². The minimum atomic E-state index is 1.19. The van der Waals surface area contributed by atoms with E-state index in [1.807, 2.05) is 0 Å². The maximum Gasteiger partial charge on any atom is 0.0541 e. The summed E-state index contributed by atoms with van der Waals surface area (Å²) >= 11 is 0. The summed E-state index contributed by atoms with van der Waals surface area (Å²) in [5.41, 5.74) is 16.2. The summed E-state index contributed by atoms with van der Waals surface area (Å²) in [5.74, 6) is 0. The Morgan fingerprint density at radius 2 is 0.829 bits per heavy atom. The van der Waals surface area contributed by atoms with Gasteiger partial charge in [-0.15, -0.1) is 0 Å². The van der Waals surface area contributed by atoms with Crippen molar-refractivity contribution in [3.63, 3.8) is 0 Å². The number of aromatic nitrogens is 1. The van der Waals surface area contributed by atoms with E-state index in [9.17, 15) is 0 Å². The Hall–Kier alpha value is -4.88. The number of para-hydroxylation sites is 1. The highest BCUT2D eigenvalue weighted by Crippen LogP contribution is 2.39. The summed E-state index contributed by atoms with van der Waals surface area (Å²) in [6, 6.07) is 47.1. The highest BCUT2D eigenvalue weighted by molar-refractivity contribution is 6.12. The fourth-order valence-electron chi connectivity index (χ4n) is 6.46. The molecule has 41 heavy (non-hydrogen) atoms. The predicted octanol–water partition coefficient (Wildman–Crippen LogP) is 11.0. The van der Waals surface area contributed by atoms with E-state index in [1.165, 1.54) is 83.1 Å². The summed E-state index contributed by atoms with van der Waals surface area (Å²) in [5, 5.41) is 2.54. The second kappa shape index (κ2) is 9.94. The number of aryl methyl sites for hydroxylation is 4. The van der Waals surface area contributed by atoms with Crippen molar-refractivity contribution in [3.05, 3.63) is 150 Å². The Kier molecular flexibility index (Phi) is 6.09. The first kappa shape index (κ1) is 25.1. The van der Waals surface area contributed by atoms with E-state index in [-0.39, 0.29) is 0 Å². The van der Waals surface area contributed by atoms with Crippen LogP contribution in [-0.2, 0) is 0 Å². The molecule has 6 aromatic carbocycles. The van der Waals surface area contributed by atoms with Crippen molar-refractivity contribution in [1.29, 1.82) is 0 Å². The third-order valence-electron chi connectivity index (χ3n) is 8.10. The molecule has 0 aliphatic rings. The number of rotatable bonds is 4. The van der Waals surface area contributed by atoms with Gasteiger partial charge in [0.15, 0.2) is 0 Å². The lowest BCUT2D eigenvalue weighted by molar-refractivity contribution is 1.18. The molecule has 1 nitrogen and oxygen atoms in total. The highest BCUT2D eigenvalue weighted by Gasteiger charge is 2.17. The molecule has 0 N–H and O–H groups in total. The van der Waals surface area contributed by atoms with Gasteiger partial charge in [0.1, 0.15) is 0 Å². The lowest BCUT2D eigenvalue weighted by Crippen LogP contribution is -1.97. The molecular weight excluding hydrogens is 494 g/mol. The standard InChI is InChI=1S/C40H33N/c1-26-18-27(2)21-33(20-26)31-14-16-39-36(24-31)37-25-32(34-22-28(3)19-29(4)23-34)15-17-40(37)41(39)38-13-9-8-12-35(38)30-10-6-5-7-11-30/h5-25H,1-4H3. The summed E-state index contributed by atoms with van der Waals surface area (Å²) in [6.07, 6.45) is 0. The molecule has 7 aromatic rings. The van der Waals surface area contributed by atoms with Crippen LogP contribution in [0.2, 0.25) is 0 Å². The van der Waals surface area contributed by atoms with Crippen LogP contribution < -0.4 is 0 Å². The van der Waals surface area contributed by atoms with Crippen LogP contribution in [0.4, 0.5) is 0 Å². The number of benzene rings is 6. The van der Waals surface area contributed by atoms with E-state index in [4.69, 9.17) is 0 Å².